The molecular weight excluding hydrogens is 324 g/mol. The van der Waals surface area contributed by atoms with Crippen molar-refractivity contribution in [1.82, 2.24) is 19.1 Å². The third-order valence-corrected chi connectivity index (χ3v) is 4.63. The van der Waals surface area contributed by atoms with E-state index in [9.17, 15) is 4.79 Å². The van der Waals surface area contributed by atoms with E-state index in [0.29, 0.717) is 6.54 Å². The fourth-order valence-corrected chi connectivity index (χ4v) is 3.26. The van der Waals surface area contributed by atoms with Crippen LogP contribution >= 0.6 is 0 Å². The number of benzene rings is 1. The summed E-state index contributed by atoms with van der Waals surface area (Å²) in [6.07, 6.45) is 6.47. The number of nitrogens with zero attached hydrogens (tertiary/aromatic N) is 4. The van der Waals surface area contributed by atoms with Crippen LogP contribution in [0, 0.1) is 6.92 Å². The van der Waals surface area contributed by atoms with E-state index in [1.54, 1.807) is 18.3 Å². The molecule has 0 fully saturated rings. The first-order valence-corrected chi connectivity index (χ1v) is 8.75. The first kappa shape index (κ1) is 16.3. The molecule has 3 heterocycles. The Morgan fingerprint density at radius 3 is 2.77 bits per heavy atom. The van der Waals surface area contributed by atoms with E-state index in [0.717, 1.165) is 41.0 Å². The second-order valence-electron chi connectivity index (χ2n) is 6.37. The Labute approximate surface area is 151 Å². The van der Waals surface area contributed by atoms with E-state index < -0.39 is 0 Å². The maximum absolute atomic E-state index is 12.0. The zero-order chi connectivity index (χ0) is 17.9. The van der Waals surface area contributed by atoms with Crippen LogP contribution in [-0.2, 0) is 13.1 Å². The van der Waals surface area contributed by atoms with Crippen LogP contribution in [0.5, 0.6) is 0 Å². The van der Waals surface area contributed by atoms with Crippen molar-refractivity contribution >= 4 is 10.9 Å². The average Bonchev–Trinajstić information content (AvgIpc) is 3.12. The van der Waals surface area contributed by atoms with Gasteiger partial charge in [0.25, 0.3) is 5.56 Å². The van der Waals surface area contributed by atoms with Gasteiger partial charge in [-0.3, -0.25) is 9.78 Å². The predicted octanol–water partition coefficient (Wildman–Crippen LogP) is 3.66. The molecular formula is C21H20N4O. The van der Waals surface area contributed by atoms with Crippen molar-refractivity contribution in [2.75, 3.05) is 0 Å². The maximum atomic E-state index is 12.0. The largest absolute Gasteiger partial charge is 0.331 e. The first-order chi connectivity index (χ1) is 12.7. The molecule has 0 amide bonds. The van der Waals surface area contributed by atoms with E-state index in [2.05, 4.69) is 38.8 Å². The highest BCUT2D eigenvalue weighted by Gasteiger charge is 2.08. The van der Waals surface area contributed by atoms with Gasteiger partial charge in [0.15, 0.2) is 0 Å². The molecule has 0 aliphatic rings. The smallest absolute Gasteiger partial charge is 0.250 e. The molecule has 4 aromatic rings. The Morgan fingerprint density at radius 2 is 1.88 bits per heavy atom. The fourth-order valence-electron chi connectivity index (χ4n) is 3.26. The predicted molar refractivity (Wildman–Crippen MR) is 103 cm³/mol. The van der Waals surface area contributed by atoms with Gasteiger partial charge in [-0.2, -0.15) is 0 Å². The second-order valence-corrected chi connectivity index (χ2v) is 6.37. The number of fused-ring (bicyclic) bond motifs is 1. The zero-order valence-corrected chi connectivity index (χ0v) is 14.7. The summed E-state index contributed by atoms with van der Waals surface area (Å²) in [5, 5.41) is 1.12. The van der Waals surface area contributed by atoms with Crippen LogP contribution in [0.15, 0.2) is 71.9 Å². The molecule has 0 atom stereocenters. The molecule has 5 heteroatoms. The molecule has 1 aromatic carbocycles. The maximum Gasteiger partial charge on any atom is 0.250 e. The van der Waals surface area contributed by atoms with Crippen molar-refractivity contribution in [2.24, 2.45) is 0 Å². The van der Waals surface area contributed by atoms with E-state index in [1.807, 2.05) is 36.0 Å². The van der Waals surface area contributed by atoms with Gasteiger partial charge in [-0.1, -0.05) is 24.3 Å². The van der Waals surface area contributed by atoms with Gasteiger partial charge in [0.05, 0.1) is 5.52 Å². The summed E-state index contributed by atoms with van der Waals surface area (Å²) in [6, 6.07) is 15.6. The van der Waals surface area contributed by atoms with Crippen molar-refractivity contribution in [3.63, 3.8) is 0 Å². The highest BCUT2D eigenvalue weighted by atomic mass is 16.1. The van der Waals surface area contributed by atoms with Gasteiger partial charge in [-0.25, -0.2) is 4.98 Å². The Balaban J connectivity index is 1.54. The van der Waals surface area contributed by atoms with Gasteiger partial charge in [-0.05, 0) is 31.5 Å². The SMILES string of the molecule is Cc1cccc(=O)n1CCCn1ccnc1-c1ccc2cccnc2c1. The minimum Gasteiger partial charge on any atom is -0.331 e. The van der Waals surface area contributed by atoms with Crippen molar-refractivity contribution < 1.29 is 0 Å². The Kier molecular flexibility index (Phi) is 4.35. The van der Waals surface area contributed by atoms with Gasteiger partial charge in [0, 0.05) is 54.4 Å². The van der Waals surface area contributed by atoms with Crippen molar-refractivity contribution in [1.29, 1.82) is 0 Å². The third kappa shape index (κ3) is 3.16. The van der Waals surface area contributed by atoms with Crippen LogP contribution in [0.4, 0.5) is 0 Å². The molecule has 0 N–H and O–H groups in total. The lowest BCUT2D eigenvalue weighted by Crippen LogP contribution is -2.21. The number of aromatic nitrogens is 4. The minimum absolute atomic E-state index is 0.0523. The van der Waals surface area contributed by atoms with Crippen molar-refractivity contribution in [3.8, 4) is 11.4 Å². The topological polar surface area (TPSA) is 52.7 Å². The normalized spacial score (nSPS) is 11.1. The zero-order valence-electron chi connectivity index (χ0n) is 14.7. The van der Waals surface area contributed by atoms with Crippen molar-refractivity contribution in [3.05, 3.63) is 83.2 Å². The summed E-state index contributed by atoms with van der Waals surface area (Å²) in [5.41, 5.74) is 3.06. The first-order valence-electron chi connectivity index (χ1n) is 8.75. The average molecular weight is 344 g/mol. The van der Waals surface area contributed by atoms with Crippen LogP contribution in [0.1, 0.15) is 12.1 Å². The summed E-state index contributed by atoms with van der Waals surface area (Å²) in [7, 11) is 0. The Bertz CT molecular complexity index is 1110. The number of imidazole rings is 1. The fraction of sp³-hybridized carbons (Fsp3) is 0.190. The highest BCUT2D eigenvalue weighted by molar-refractivity contribution is 5.82. The lowest BCUT2D eigenvalue weighted by molar-refractivity contribution is 0.547. The minimum atomic E-state index is 0.0523. The second kappa shape index (κ2) is 6.96. The molecule has 0 bridgehead atoms. The molecule has 0 spiro atoms. The molecule has 26 heavy (non-hydrogen) atoms. The number of rotatable bonds is 5. The lowest BCUT2D eigenvalue weighted by atomic mass is 10.1. The van der Waals surface area contributed by atoms with Crippen LogP contribution in [0.2, 0.25) is 0 Å². The molecule has 0 saturated carbocycles. The van der Waals surface area contributed by atoms with Crippen LogP contribution < -0.4 is 5.56 Å². The molecule has 130 valence electrons. The van der Waals surface area contributed by atoms with Gasteiger partial charge in [-0.15, -0.1) is 0 Å². The molecule has 0 saturated heterocycles. The highest BCUT2D eigenvalue weighted by Crippen LogP contribution is 2.22. The molecule has 0 radical (unpaired) electrons. The van der Waals surface area contributed by atoms with Gasteiger partial charge in [0.2, 0.25) is 0 Å². The summed E-state index contributed by atoms with van der Waals surface area (Å²) in [6.45, 7) is 3.46. The molecule has 0 unspecified atom stereocenters. The van der Waals surface area contributed by atoms with Gasteiger partial charge >= 0.3 is 0 Å². The van der Waals surface area contributed by atoms with Gasteiger partial charge < -0.3 is 9.13 Å². The molecule has 3 aromatic heterocycles. The molecule has 0 aliphatic carbocycles. The lowest BCUT2D eigenvalue weighted by Gasteiger charge is -2.11. The monoisotopic (exact) mass is 344 g/mol. The molecule has 4 rings (SSSR count). The van der Waals surface area contributed by atoms with E-state index in [1.165, 1.54) is 0 Å². The van der Waals surface area contributed by atoms with Crippen molar-refractivity contribution in [2.45, 2.75) is 26.4 Å². The standard InChI is InChI=1S/C21H20N4O/c1-16-5-2-7-20(26)25(16)13-4-12-24-14-11-23-21(24)18-9-8-17-6-3-10-22-19(17)15-18/h2-3,5-11,14-15H,4,12-13H2,1H3. The number of hydrogen-bond donors (Lipinski definition) is 0. The number of hydrogen-bond acceptors (Lipinski definition) is 3. The van der Waals surface area contributed by atoms with E-state index in [4.69, 9.17) is 0 Å². The van der Waals surface area contributed by atoms with Crippen LogP contribution in [0.25, 0.3) is 22.3 Å². The number of aryl methyl sites for hydroxylation is 2. The van der Waals surface area contributed by atoms with Crippen LogP contribution in [-0.4, -0.2) is 19.1 Å². The summed E-state index contributed by atoms with van der Waals surface area (Å²) < 4.78 is 3.95. The van der Waals surface area contributed by atoms with Crippen LogP contribution in [0.3, 0.4) is 0 Å². The summed E-state index contributed by atoms with van der Waals surface area (Å²) >= 11 is 0. The molecule has 0 aliphatic heterocycles. The summed E-state index contributed by atoms with van der Waals surface area (Å²) in [4.78, 5) is 20.9. The Hall–Kier alpha value is -3.21. The van der Waals surface area contributed by atoms with E-state index in [-0.39, 0.29) is 5.56 Å². The third-order valence-electron chi connectivity index (χ3n) is 4.63. The van der Waals surface area contributed by atoms with Gasteiger partial charge in [0.1, 0.15) is 5.82 Å². The Morgan fingerprint density at radius 1 is 0.962 bits per heavy atom. The quantitative estimate of drug-likeness (QED) is 0.555. The summed E-state index contributed by atoms with van der Waals surface area (Å²) in [5.74, 6) is 0.926. The molecule has 5 nitrogen and oxygen atoms in total. The number of pyridine rings is 2. The van der Waals surface area contributed by atoms with E-state index >= 15 is 0 Å².